The van der Waals surface area contributed by atoms with Gasteiger partial charge in [0.05, 0.1) is 11.3 Å². The minimum absolute atomic E-state index is 0.0915. The summed E-state index contributed by atoms with van der Waals surface area (Å²) in [5.41, 5.74) is 3.55. The van der Waals surface area contributed by atoms with Gasteiger partial charge in [-0.3, -0.25) is 9.59 Å². The molecule has 168 valence electrons. The number of hydrogen-bond acceptors (Lipinski definition) is 4. The van der Waals surface area contributed by atoms with Gasteiger partial charge in [-0.05, 0) is 55.3 Å². The maximum absolute atomic E-state index is 13.4. The molecule has 33 heavy (non-hydrogen) atoms. The number of anilines is 2. The highest BCUT2D eigenvalue weighted by atomic mass is 19.4. The van der Waals surface area contributed by atoms with E-state index in [0.29, 0.717) is 11.3 Å². The number of amides is 2. The van der Waals surface area contributed by atoms with Crippen LogP contribution in [-0.2, 0) is 9.59 Å². The highest BCUT2D eigenvalue weighted by molar-refractivity contribution is 6.46. The Labute approximate surface area is 188 Å². The van der Waals surface area contributed by atoms with Crippen LogP contribution < -0.4 is 15.0 Å². The quantitative estimate of drug-likeness (QED) is 0.512. The molecule has 0 atom stereocenters. The van der Waals surface area contributed by atoms with Crippen LogP contribution in [-0.4, -0.2) is 18.2 Å². The first kappa shape index (κ1) is 22.1. The van der Waals surface area contributed by atoms with E-state index < -0.39 is 23.9 Å². The number of nitrogens with zero attached hydrogens (tertiary/aromatic N) is 1. The molecule has 0 saturated heterocycles. The van der Waals surface area contributed by atoms with E-state index >= 15 is 0 Å². The zero-order valence-electron chi connectivity index (χ0n) is 17.7. The molecule has 0 radical (unpaired) electrons. The molecule has 1 aliphatic heterocycles. The second kappa shape index (κ2) is 8.46. The molecule has 1 aliphatic rings. The Morgan fingerprint density at radius 2 is 1.52 bits per heavy atom. The van der Waals surface area contributed by atoms with Gasteiger partial charge in [0.2, 0.25) is 0 Å². The fourth-order valence-electron chi connectivity index (χ4n) is 3.64. The standard InChI is InChI=1S/C25H19F3N2O3/c1-15-8-13-20(16(2)14-15)29-22-21(17-6-4-3-5-7-17)23(31)30(24(22)32)18-9-11-19(12-10-18)33-25(26,27)28/h3-14,29H,1-2H3. The van der Waals surface area contributed by atoms with Crippen molar-refractivity contribution >= 4 is 28.8 Å². The summed E-state index contributed by atoms with van der Waals surface area (Å²) >= 11 is 0. The van der Waals surface area contributed by atoms with Crippen molar-refractivity contribution in [3.8, 4) is 5.75 Å². The Balaban J connectivity index is 1.73. The van der Waals surface area contributed by atoms with E-state index in [-0.39, 0.29) is 17.0 Å². The second-order valence-corrected chi connectivity index (χ2v) is 7.55. The maximum atomic E-state index is 13.4. The second-order valence-electron chi connectivity index (χ2n) is 7.55. The molecule has 2 amide bonds. The number of carbonyl (C=O) groups is 2. The predicted octanol–water partition coefficient (Wildman–Crippen LogP) is 5.60. The molecule has 1 N–H and O–H groups in total. The molecule has 1 heterocycles. The van der Waals surface area contributed by atoms with Gasteiger partial charge in [0, 0.05) is 5.69 Å². The number of nitrogens with one attached hydrogen (secondary N) is 1. The normalized spacial score (nSPS) is 14.2. The summed E-state index contributed by atoms with van der Waals surface area (Å²) in [5, 5.41) is 3.10. The van der Waals surface area contributed by atoms with Crippen molar-refractivity contribution in [3.63, 3.8) is 0 Å². The van der Waals surface area contributed by atoms with Crippen LogP contribution in [0.3, 0.4) is 0 Å². The average molecular weight is 452 g/mol. The third kappa shape index (κ3) is 4.59. The summed E-state index contributed by atoms with van der Waals surface area (Å²) < 4.78 is 41.3. The molecule has 3 aromatic rings. The van der Waals surface area contributed by atoms with Gasteiger partial charge in [0.25, 0.3) is 11.8 Å². The summed E-state index contributed by atoms with van der Waals surface area (Å²) in [6.45, 7) is 3.83. The third-order valence-electron chi connectivity index (χ3n) is 5.12. The first-order valence-corrected chi connectivity index (χ1v) is 10.0. The van der Waals surface area contributed by atoms with Crippen LogP contribution in [0.2, 0.25) is 0 Å². The van der Waals surface area contributed by atoms with Crippen LogP contribution in [0, 0.1) is 13.8 Å². The number of benzene rings is 3. The lowest BCUT2D eigenvalue weighted by Crippen LogP contribution is -2.32. The van der Waals surface area contributed by atoms with Gasteiger partial charge in [-0.25, -0.2) is 4.90 Å². The Hall–Kier alpha value is -4.07. The predicted molar refractivity (Wildman–Crippen MR) is 119 cm³/mol. The van der Waals surface area contributed by atoms with E-state index in [1.807, 2.05) is 32.0 Å². The topological polar surface area (TPSA) is 58.6 Å². The molecule has 0 fully saturated rings. The minimum atomic E-state index is -4.84. The lowest BCUT2D eigenvalue weighted by atomic mass is 10.0. The molecule has 4 rings (SSSR count). The van der Waals surface area contributed by atoms with Gasteiger partial charge in [-0.2, -0.15) is 0 Å². The third-order valence-corrected chi connectivity index (χ3v) is 5.12. The molecule has 8 heteroatoms. The lowest BCUT2D eigenvalue weighted by Gasteiger charge is -2.17. The molecule has 0 aromatic heterocycles. The molecule has 3 aromatic carbocycles. The van der Waals surface area contributed by atoms with E-state index in [0.717, 1.165) is 28.2 Å². The maximum Gasteiger partial charge on any atom is 0.573 e. The Kier molecular flexibility index (Phi) is 5.68. The fraction of sp³-hybridized carbons (Fsp3) is 0.120. The molecule has 0 unspecified atom stereocenters. The van der Waals surface area contributed by atoms with Crippen LogP contribution in [0.1, 0.15) is 16.7 Å². The number of alkyl halides is 3. The molecular formula is C25H19F3N2O3. The minimum Gasteiger partial charge on any atom is -0.406 e. The van der Waals surface area contributed by atoms with Crippen LogP contribution in [0.5, 0.6) is 5.75 Å². The van der Waals surface area contributed by atoms with Crippen molar-refractivity contribution in [2.24, 2.45) is 0 Å². The van der Waals surface area contributed by atoms with Gasteiger partial charge in [0.1, 0.15) is 11.4 Å². The zero-order valence-corrected chi connectivity index (χ0v) is 17.7. The molecule has 0 spiro atoms. The van der Waals surface area contributed by atoms with Crippen molar-refractivity contribution in [1.29, 1.82) is 0 Å². The van der Waals surface area contributed by atoms with Crippen LogP contribution >= 0.6 is 0 Å². The number of ether oxygens (including phenoxy) is 1. The number of rotatable bonds is 5. The molecule has 0 saturated carbocycles. The SMILES string of the molecule is Cc1ccc(NC2=C(c3ccccc3)C(=O)N(c3ccc(OC(F)(F)F)cc3)C2=O)c(C)c1. The smallest absolute Gasteiger partial charge is 0.406 e. The highest BCUT2D eigenvalue weighted by Gasteiger charge is 2.40. The monoisotopic (exact) mass is 452 g/mol. The molecule has 0 aliphatic carbocycles. The van der Waals surface area contributed by atoms with Gasteiger partial charge < -0.3 is 10.1 Å². The van der Waals surface area contributed by atoms with E-state index in [2.05, 4.69) is 10.1 Å². The van der Waals surface area contributed by atoms with Crippen molar-refractivity contribution in [2.45, 2.75) is 20.2 Å². The van der Waals surface area contributed by atoms with Crippen LogP contribution in [0.25, 0.3) is 5.57 Å². The Bertz CT molecular complexity index is 1250. The van der Waals surface area contributed by atoms with Gasteiger partial charge in [-0.15, -0.1) is 13.2 Å². The van der Waals surface area contributed by atoms with E-state index in [1.165, 1.54) is 12.1 Å². The van der Waals surface area contributed by atoms with Crippen molar-refractivity contribution in [3.05, 3.63) is 95.2 Å². The van der Waals surface area contributed by atoms with E-state index in [9.17, 15) is 22.8 Å². The van der Waals surface area contributed by atoms with Crippen molar-refractivity contribution < 1.29 is 27.5 Å². The van der Waals surface area contributed by atoms with Gasteiger partial charge >= 0.3 is 6.36 Å². The largest absolute Gasteiger partial charge is 0.573 e. The Morgan fingerprint density at radius 3 is 2.12 bits per heavy atom. The van der Waals surface area contributed by atoms with Gasteiger partial charge in [0.15, 0.2) is 0 Å². The van der Waals surface area contributed by atoms with Crippen molar-refractivity contribution in [1.82, 2.24) is 0 Å². The lowest BCUT2D eigenvalue weighted by molar-refractivity contribution is -0.274. The zero-order chi connectivity index (χ0) is 23.8. The number of aryl methyl sites for hydroxylation is 2. The summed E-state index contributed by atoms with van der Waals surface area (Å²) in [7, 11) is 0. The summed E-state index contributed by atoms with van der Waals surface area (Å²) in [5.74, 6) is -1.64. The molecule has 0 bridgehead atoms. The van der Waals surface area contributed by atoms with E-state index in [1.54, 1.807) is 30.3 Å². The number of hydrogen-bond donors (Lipinski definition) is 1. The average Bonchev–Trinajstić information content (AvgIpc) is 3.00. The number of halogens is 3. The van der Waals surface area contributed by atoms with Crippen molar-refractivity contribution in [2.75, 3.05) is 10.2 Å². The van der Waals surface area contributed by atoms with Crippen LogP contribution in [0.15, 0.2) is 78.5 Å². The first-order chi connectivity index (χ1) is 15.6. The molecular weight excluding hydrogens is 433 g/mol. The summed E-state index contributed by atoms with van der Waals surface area (Å²) in [4.78, 5) is 27.7. The Morgan fingerprint density at radius 1 is 0.848 bits per heavy atom. The fourth-order valence-corrected chi connectivity index (χ4v) is 3.64. The number of carbonyl (C=O) groups excluding carboxylic acids is 2. The van der Waals surface area contributed by atoms with E-state index in [4.69, 9.17) is 0 Å². The van der Waals surface area contributed by atoms with Gasteiger partial charge in [-0.1, -0.05) is 48.0 Å². The van der Waals surface area contributed by atoms with Crippen LogP contribution in [0.4, 0.5) is 24.5 Å². The highest BCUT2D eigenvalue weighted by Crippen LogP contribution is 2.35. The molecule has 5 nitrogen and oxygen atoms in total. The summed E-state index contributed by atoms with van der Waals surface area (Å²) in [6, 6.07) is 19.0. The first-order valence-electron chi connectivity index (χ1n) is 10.0. The number of imide groups is 1. The summed E-state index contributed by atoms with van der Waals surface area (Å²) in [6.07, 6.45) is -4.84.